The molecular weight excluding hydrogens is 326 g/mol. The maximum Gasteiger partial charge on any atom is 0.123 e. The predicted molar refractivity (Wildman–Crippen MR) is 82.7 cm³/mol. The van der Waals surface area contributed by atoms with Gasteiger partial charge in [-0.3, -0.25) is 0 Å². The van der Waals surface area contributed by atoms with E-state index < -0.39 is 0 Å². The molecule has 0 bridgehead atoms. The van der Waals surface area contributed by atoms with E-state index in [4.69, 9.17) is 16.0 Å². The molecule has 19 heavy (non-hydrogen) atoms. The summed E-state index contributed by atoms with van der Waals surface area (Å²) in [6.45, 7) is 5.04. The van der Waals surface area contributed by atoms with Crippen molar-refractivity contribution in [3.8, 4) is 0 Å². The standard InChI is InChI=1S/C15H17BrClNO/c1-3-18-14(15-10(2)6-7-19-15)8-11-4-5-12(16)9-13(11)17/h4-7,9,14,18H,3,8H2,1-2H3. The Morgan fingerprint density at radius 1 is 1.37 bits per heavy atom. The molecule has 102 valence electrons. The van der Waals surface area contributed by atoms with Gasteiger partial charge in [0.2, 0.25) is 0 Å². The minimum absolute atomic E-state index is 0.152. The molecule has 1 atom stereocenters. The quantitative estimate of drug-likeness (QED) is 0.836. The van der Waals surface area contributed by atoms with Gasteiger partial charge in [0.25, 0.3) is 0 Å². The van der Waals surface area contributed by atoms with Gasteiger partial charge in [0.15, 0.2) is 0 Å². The van der Waals surface area contributed by atoms with Crippen LogP contribution in [-0.4, -0.2) is 6.54 Å². The van der Waals surface area contributed by atoms with Gasteiger partial charge in [0.05, 0.1) is 12.3 Å². The van der Waals surface area contributed by atoms with E-state index >= 15 is 0 Å². The van der Waals surface area contributed by atoms with Crippen LogP contribution in [0.4, 0.5) is 0 Å². The normalized spacial score (nSPS) is 12.6. The third-order valence-electron chi connectivity index (χ3n) is 3.11. The van der Waals surface area contributed by atoms with E-state index in [0.29, 0.717) is 0 Å². The molecule has 2 aromatic rings. The van der Waals surface area contributed by atoms with E-state index in [1.165, 1.54) is 5.56 Å². The number of benzene rings is 1. The molecular formula is C15H17BrClNO. The van der Waals surface area contributed by atoms with Crippen molar-refractivity contribution in [2.24, 2.45) is 0 Å². The van der Waals surface area contributed by atoms with Crippen LogP contribution in [0.15, 0.2) is 39.4 Å². The lowest BCUT2D eigenvalue weighted by molar-refractivity contribution is 0.413. The first kappa shape index (κ1) is 14.6. The second-order valence-electron chi connectivity index (χ2n) is 4.52. The summed E-state index contributed by atoms with van der Waals surface area (Å²) in [6.07, 6.45) is 2.55. The Hall–Kier alpha value is -0.770. The Balaban J connectivity index is 2.24. The Morgan fingerprint density at radius 2 is 2.16 bits per heavy atom. The lowest BCUT2D eigenvalue weighted by atomic mass is 10.0. The number of furan rings is 1. The fourth-order valence-electron chi connectivity index (χ4n) is 2.15. The van der Waals surface area contributed by atoms with Crippen LogP contribution >= 0.6 is 27.5 Å². The van der Waals surface area contributed by atoms with E-state index in [9.17, 15) is 0 Å². The fraction of sp³-hybridized carbons (Fsp3) is 0.333. The Kier molecular flexibility index (Phi) is 5.08. The van der Waals surface area contributed by atoms with Crippen LogP contribution in [0.5, 0.6) is 0 Å². The number of hydrogen-bond acceptors (Lipinski definition) is 2. The Labute approximate surface area is 127 Å². The van der Waals surface area contributed by atoms with Crippen molar-refractivity contribution in [2.45, 2.75) is 26.3 Å². The summed E-state index contributed by atoms with van der Waals surface area (Å²) in [5, 5.41) is 4.23. The molecule has 0 fully saturated rings. The van der Waals surface area contributed by atoms with Crippen LogP contribution in [0.3, 0.4) is 0 Å². The van der Waals surface area contributed by atoms with Gasteiger partial charge in [-0.25, -0.2) is 0 Å². The molecule has 1 aromatic carbocycles. The van der Waals surface area contributed by atoms with Gasteiger partial charge in [0.1, 0.15) is 5.76 Å². The third-order valence-corrected chi connectivity index (χ3v) is 3.95. The molecule has 0 aliphatic rings. The summed E-state index contributed by atoms with van der Waals surface area (Å²) in [4.78, 5) is 0. The zero-order valence-corrected chi connectivity index (χ0v) is 13.4. The number of aryl methyl sites for hydroxylation is 1. The number of nitrogens with one attached hydrogen (secondary N) is 1. The monoisotopic (exact) mass is 341 g/mol. The smallest absolute Gasteiger partial charge is 0.123 e. The van der Waals surface area contributed by atoms with Gasteiger partial charge >= 0.3 is 0 Å². The van der Waals surface area contributed by atoms with Crippen molar-refractivity contribution >= 4 is 27.5 Å². The van der Waals surface area contributed by atoms with Gasteiger partial charge < -0.3 is 9.73 Å². The first-order valence-corrected chi connectivity index (χ1v) is 7.50. The number of rotatable bonds is 5. The topological polar surface area (TPSA) is 25.2 Å². The predicted octanol–water partition coefficient (Wildman–Crippen LogP) is 4.90. The van der Waals surface area contributed by atoms with Crippen molar-refractivity contribution in [1.29, 1.82) is 0 Å². The van der Waals surface area contributed by atoms with Gasteiger partial charge in [-0.1, -0.05) is 40.5 Å². The van der Waals surface area contributed by atoms with E-state index in [-0.39, 0.29) is 6.04 Å². The number of hydrogen-bond donors (Lipinski definition) is 1. The maximum atomic E-state index is 6.29. The van der Waals surface area contributed by atoms with Crippen LogP contribution in [0, 0.1) is 6.92 Å². The van der Waals surface area contributed by atoms with E-state index in [1.807, 2.05) is 18.2 Å². The number of likely N-dealkylation sites (N-methyl/N-ethyl adjacent to an activating group) is 1. The molecule has 0 radical (unpaired) electrons. The first-order chi connectivity index (χ1) is 9.11. The summed E-state index contributed by atoms with van der Waals surface area (Å²) in [5.41, 5.74) is 2.28. The van der Waals surface area contributed by atoms with E-state index in [0.717, 1.165) is 33.8 Å². The SMILES string of the molecule is CCNC(Cc1ccc(Br)cc1Cl)c1occc1C. The fourth-order valence-corrected chi connectivity index (χ4v) is 2.90. The molecule has 0 aliphatic heterocycles. The molecule has 1 N–H and O–H groups in total. The Bertz CT molecular complexity index is 553. The molecule has 4 heteroatoms. The average molecular weight is 343 g/mol. The van der Waals surface area contributed by atoms with Crippen molar-refractivity contribution in [1.82, 2.24) is 5.32 Å². The molecule has 1 unspecified atom stereocenters. The molecule has 0 spiro atoms. The van der Waals surface area contributed by atoms with Crippen LogP contribution in [0.1, 0.15) is 29.9 Å². The highest BCUT2D eigenvalue weighted by molar-refractivity contribution is 9.10. The zero-order chi connectivity index (χ0) is 13.8. The van der Waals surface area contributed by atoms with Gasteiger partial charge in [-0.05, 0) is 49.2 Å². The van der Waals surface area contributed by atoms with E-state index in [1.54, 1.807) is 6.26 Å². The molecule has 0 saturated heterocycles. The average Bonchev–Trinajstić information content (AvgIpc) is 2.78. The highest BCUT2D eigenvalue weighted by Gasteiger charge is 2.18. The maximum absolute atomic E-state index is 6.29. The lowest BCUT2D eigenvalue weighted by Gasteiger charge is -2.17. The zero-order valence-electron chi connectivity index (χ0n) is 11.0. The highest BCUT2D eigenvalue weighted by atomic mass is 79.9. The second kappa shape index (κ2) is 6.60. The molecule has 1 heterocycles. The summed E-state index contributed by atoms with van der Waals surface area (Å²) < 4.78 is 6.60. The van der Waals surface area contributed by atoms with Gasteiger partial charge in [-0.2, -0.15) is 0 Å². The van der Waals surface area contributed by atoms with Crippen LogP contribution in [-0.2, 0) is 6.42 Å². The van der Waals surface area contributed by atoms with Gasteiger partial charge in [-0.15, -0.1) is 0 Å². The van der Waals surface area contributed by atoms with Crippen LogP contribution < -0.4 is 5.32 Å². The Morgan fingerprint density at radius 3 is 2.74 bits per heavy atom. The molecule has 0 amide bonds. The van der Waals surface area contributed by atoms with Crippen molar-refractivity contribution < 1.29 is 4.42 Å². The minimum Gasteiger partial charge on any atom is -0.467 e. The summed E-state index contributed by atoms with van der Waals surface area (Å²) in [7, 11) is 0. The summed E-state index contributed by atoms with van der Waals surface area (Å²) in [6, 6.07) is 8.13. The molecule has 2 rings (SSSR count). The minimum atomic E-state index is 0.152. The third kappa shape index (κ3) is 3.62. The lowest BCUT2D eigenvalue weighted by Crippen LogP contribution is -2.23. The van der Waals surface area contributed by atoms with Crippen molar-refractivity contribution in [2.75, 3.05) is 6.54 Å². The highest BCUT2D eigenvalue weighted by Crippen LogP contribution is 2.28. The number of halogens is 2. The van der Waals surface area contributed by atoms with Crippen LogP contribution in [0.25, 0.3) is 0 Å². The van der Waals surface area contributed by atoms with E-state index in [2.05, 4.69) is 41.2 Å². The molecule has 2 nitrogen and oxygen atoms in total. The summed E-state index contributed by atoms with van der Waals surface area (Å²) >= 11 is 9.71. The molecule has 0 saturated carbocycles. The van der Waals surface area contributed by atoms with Crippen molar-refractivity contribution in [3.05, 3.63) is 56.9 Å². The largest absolute Gasteiger partial charge is 0.467 e. The van der Waals surface area contributed by atoms with Crippen molar-refractivity contribution in [3.63, 3.8) is 0 Å². The molecule has 0 aliphatic carbocycles. The first-order valence-electron chi connectivity index (χ1n) is 6.33. The molecule has 1 aromatic heterocycles. The van der Waals surface area contributed by atoms with Crippen LogP contribution in [0.2, 0.25) is 5.02 Å². The second-order valence-corrected chi connectivity index (χ2v) is 5.84. The van der Waals surface area contributed by atoms with Gasteiger partial charge in [0, 0.05) is 9.50 Å². The summed E-state index contributed by atoms with van der Waals surface area (Å²) in [5.74, 6) is 0.987.